The second-order valence-corrected chi connectivity index (χ2v) is 9.02. The van der Waals surface area contributed by atoms with E-state index in [4.69, 9.17) is 0 Å². The Morgan fingerprint density at radius 3 is 1.48 bits per heavy atom. The molecule has 4 aromatic heterocycles. The summed E-state index contributed by atoms with van der Waals surface area (Å²) in [6.45, 7) is 0. The number of aromatic nitrogens is 4. The summed E-state index contributed by atoms with van der Waals surface area (Å²) in [6, 6.07) is 18.3. The van der Waals surface area contributed by atoms with Gasteiger partial charge in [0.15, 0.2) is 0 Å². The minimum atomic E-state index is -3.46. The highest BCUT2D eigenvalue weighted by atomic mass is 31.2. The Balaban J connectivity index is 1.52. The van der Waals surface area contributed by atoms with Crippen LogP contribution in [0, 0.1) is 0 Å². The second-order valence-electron chi connectivity index (χ2n) is 6.69. The molecule has 0 fully saturated rings. The summed E-state index contributed by atoms with van der Waals surface area (Å²) < 4.78 is 12.9. The predicted molar refractivity (Wildman–Crippen MR) is 112 cm³/mol. The minimum Gasteiger partial charge on any atom is -0.344 e. The van der Waals surface area contributed by atoms with E-state index >= 15 is 0 Å². The van der Waals surface area contributed by atoms with Crippen LogP contribution >= 0.6 is 7.37 Å². The molecule has 4 aromatic rings. The fourth-order valence-electron chi connectivity index (χ4n) is 3.08. The van der Waals surface area contributed by atoms with Crippen molar-refractivity contribution in [3.63, 3.8) is 0 Å². The van der Waals surface area contributed by atoms with Crippen molar-refractivity contribution in [3.8, 4) is 22.8 Å². The van der Waals surface area contributed by atoms with Crippen molar-refractivity contribution in [2.45, 2.75) is 12.3 Å². The Bertz CT molecular complexity index is 1060. The maximum absolute atomic E-state index is 12.9. The van der Waals surface area contributed by atoms with E-state index in [1.807, 2.05) is 48.5 Å². The first-order valence-electron chi connectivity index (χ1n) is 9.13. The molecule has 144 valence electrons. The highest BCUT2D eigenvalue weighted by molar-refractivity contribution is 7.56. The Kier molecular flexibility index (Phi) is 5.56. The third-order valence-corrected chi connectivity index (χ3v) is 6.08. The van der Waals surface area contributed by atoms with Gasteiger partial charge in [-0.25, -0.2) is 0 Å². The summed E-state index contributed by atoms with van der Waals surface area (Å²) >= 11 is 0. The van der Waals surface area contributed by atoms with Crippen LogP contribution in [0.1, 0.15) is 11.1 Å². The first kappa shape index (κ1) is 19.1. The lowest BCUT2D eigenvalue weighted by Crippen LogP contribution is -1.96. The van der Waals surface area contributed by atoms with E-state index in [-0.39, 0.29) is 12.3 Å². The van der Waals surface area contributed by atoms with Gasteiger partial charge in [0.1, 0.15) is 0 Å². The van der Waals surface area contributed by atoms with Gasteiger partial charge in [-0.1, -0.05) is 12.1 Å². The molecule has 7 heteroatoms. The van der Waals surface area contributed by atoms with E-state index in [9.17, 15) is 9.46 Å². The van der Waals surface area contributed by atoms with Crippen molar-refractivity contribution in [2.24, 2.45) is 0 Å². The standard InChI is InChI=1S/C22H19N4O2P/c27-29(28,15-17-7-11-25-21(13-17)19-5-1-3-9-23-19)16-18-8-12-26-22(14-18)20-6-2-4-10-24-20/h1-14H,15-16H2,(H,27,28). The molecular weight excluding hydrogens is 383 g/mol. The lowest BCUT2D eigenvalue weighted by atomic mass is 10.2. The van der Waals surface area contributed by atoms with Crippen LogP contribution in [-0.4, -0.2) is 24.8 Å². The van der Waals surface area contributed by atoms with Crippen molar-refractivity contribution in [1.29, 1.82) is 0 Å². The van der Waals surface area contributed by atoms with Gasteiger partial charge in [-0.2, -0.15) is 0 Å². The smallest absolute Gasteiger partial charge is 0.209 e. The lowest BCUT2D eigenvalue weighted by molar-refractivity contribution is 0.475. The summed E-state index contributed by atoms with van der Waals surface area (Å²) in [5.41, 5.74) is 4.34. The molecule has 0 amide bonds. The molecule has 0 atom stereocenters. The van der Waals surface area contributed by atoms with Crippen LogP contribution < -0.4 is 0 Å². The number of pyridine rings is 4. The van der Waals surface area contributed by atoms with Crippen LogP contribution in [0.5, 0.6) is 0 Å². The fourth-order valence-corrected chi connectivity index (χ4v) is 4.73. The third-order valence-electron chi connectivity index (χ3n) is 4.36. The third kappa shape index (κ3) is 4.99. The van der Waals surface area contributed by atoms with E-state index in [1.165, 1.54) is 0 Å². The Morgan fingerprint density at radius 1 is 0.621 bits per heavy atom. The van der Waals surface area contributed by atoms with Crippen LogP contribution in [0.25, 0.3) is 22.8 Å². The van der Waals surface area contributed by atoms with Gasteiger partial charge in [0.25, 0.3) is 0 Å². The van der Waals surface area contributed by atoms with Gasteiger partial charge in [0.2, 0.25) is 7.37 Å². The van der Waals surface area contributed by atoms with Gasteiger partial charge in [0, 0.05) is 24.8 Å². The molecule has 4 heterocycles. The number of nitrogens with zero attached hydrogens (tertiary/aromatic N) is 4. The van der Waals surface area contributed by atoms with Crippen molar-refractivity contribution in [1.82, 2.24) is 19.9 Å². The summed E-state index contributed by atoms with van der Waals surface area (Å²) in [5.74, 6) is 0. The van der Waals surface area contributed by atoms with Gasteiger partial charge < -0.3 is 4.89 Å². The maximum atomic E-state index is 12.9. The summed E-state index contributed by atoms with van der Waals surface area (Å²) in [4.78, 5) is 27.8. The van der Waals surface area contributed by atoms with Crippen LogP contribution in [-0.2, 0) is 16.9 Å². The van der Waals surface area contributed by atoms with E-state index in [1.54, 1.807) is 36.9 Å². The molecule has 0 bridgehead atoms. The largest absolute Gasteiger partial charge is 0.344 e. The number of rotatable bonds is 6. The predicted octanol–water partition coefficient (Wildman–Crippen LogP) is 4.57. The monoisotopic (exact) mass is 402 g/mol. The number of hydrogen-bond acceptors (Lipinski definition) is 5. The van der Waals surface area contributed by atoms with E-state index in [2.05, 4.69) is 19.9 Å². The molecule has 0 aromatic carbocycles. The molecule has 0 aliphatic carbocycles. The summed E-state index contributed by atoms with van der Waals surface area (Å²) in [7, 11) is -3.46. The van der Waals surface area contributed by atoms with Crippen LogP contribution in [0.4, 0.5) is 0 Å². The molecule has 0 aliphatic rings. The topological polar surface area (TPSA) is 88.9 Å². The molecule has 0 aliphatic heterocycles. The lowest BCUT2D eigenvalue weighted by Gasteiger charge is -2.13. The normalized spacial score (nSPS) is 11.3. The van der Waals surface area contributed by atoms with Gasteiger partial charge >= 0.3 is 0 Å². The van der Waals surface area contributed by atoms with E-state index in [0.29, 0.717) is 11.4 Å². The van der Waals surface area contributed by atoms with Crippen LogP contribution in [0.3, 0.4) is 0 Å². The zero-order chi connectivity index (χ0) is 20.1. The fraction of sp³-hybridized carbons (Fsp3) is 0.0909. The highest BCUT2D eigenvalue weighted by Crippen LogP contribution is 2.48. The molecule has 0 spiro atoms. The molecule has 0 radical (unpaired) electrons. The van der Waals surface area contributed by atoms with Crippen LogP contribution in [0.2, 0.25) is 0 Å². The second kappa shape index (κ2) is 8.43. The van der Waals surface area contributed by atoms with Crippen LogP contribution in [0.15, 0.2) is 85.5 Å². The van der Waals surface area contributed by atoms with Gasteiger partial charge in [-0.15, -0.1) is 0 Å². The molecule has 1 N–H and O–H groups in total. The maximum Gasteiger partial charge on any atom is 0.209 e. The zero-order valence-corrected chi connectivity index (χ0v) is 16.5. The molecule has 6 nitrogen and oxygen atoms in total. The Hall–Kier alpha value is -3.21. The SMILES string of the molecule is O=P(O)(Cc1ccnc(-c2ccccn2)c1)Cc1ccnc(-c2ccccn2)c1. The zero-order valence-electron chi connectivity index (χ0n) is 15.6. The van der Waals surface area contributed by atoms with Gasteiger partial charge in [-0.3, -0.25) is 24.5 Å². The highest BCUT2D eigenvalue weighted by Gasteiger charge is 2.21. The summed E-state index contributed by atoms with van der Waals surface area (Å²) in [6.07, 6.45) is 6.82. The quantitative estimate of drug-likeness (QED) is 0.475. The molecular formula is C22H19N4O2P. The molecule has 0 saturated carbocycles. The average molecular weight is 402 g/mol. The van der Waals surface area contributed by atoms with Crippen molar-refractivity contribution >= 4 is 7.37 Å². The minimum absolute atomic E-state index is 0.0661. The Labute approximate surface area is 168 Å². The van der Waals surface area contributed by atoms with E-state index < -0.39 is 7.37 Å². The van der Waals surface area contributed by atoms with Crippen molar-refractivity contribution in [2.75, 3.05) is 0 Å². The first-order chi connectivity index (χ1) is 14.1. The Morgan fingerprint density at radius 2 is 1.07 bits per heavy atom. The van der Waals surface area contributed by atoms with E-state index in [0.717, 1.165) is 22.5 Å². The van der Waals surface area contributed by atoms with Gasteiger partial charge in [-0.05, 0) is 59.7 Å². The van der Waals surface area contributed by atoms with Crippen molar-refractivity contribution in [3.05, 3.63) is 96.6 Å². The van der Waals surface area contributed by atoms with Crippen molar-refractivity contribution < 1.29 is 9.46 Å². The first-order valence-corrected chi connectivity index (χ1v) is 11.2. The van der Waals surface area contributed by atoms with Gasteiger partial charge in [0.05, 0.1) is 35.1 Å². The molecule has 0 saturated heterocycles. The average Bonchev–Trinajstić information content (AvgIpc) is 2.75. The molecule has 29 heavy (non-hydrogen) atoms. The summed E-state index contributed by atoms with van der Waals surface area (Å²) in [5, 5.41) is 0. The molecule has 0 unspecified atom stereocenters. The molecule has 4 rings (SSSR count). The number of hydrogen-bond donors (Lipinski definition) is 1.